The molecule has 0 aromatic heterocycles. The standard InChI is InChI=1S/C24H26N2O4S/c1-2-30-21-13-15-22(16-14-21)31(28,29)26-23(17-19-9-5-3-6-10-19)24(27)25-18-20-11-7-4-8-12-20/h3-16,23,26H,2,17-18H2,1H3,(H,25,27)/t23-/m1/s1. The quantitative estimate of drug-likeness (QED) is 0.509. The third-order valence-corrected chi connectivity index (χ3v) is 6.14. The Bertz CT molecular complexity index is 1070. The summed E-state index contributed by atoms with van der Waals surface area (Å²) in [5, 5.41) is 2.83. The molecule has 0 aliphatic heterocycles. The lowest BCUT2D eigenvalue weighted by atomic mass is 10.1. The first-order chi connectivity index (χ1) is 15.0. The molecule has 0 saturated heterocycles. The van der Waals surface area contributed by atoms with E-state index in [2.05, 4.69) is 10.0 Å². The van der Waals surface area contributed by atoms with Crippen LogP contribution in [-0.2, 0) is 27.8 Å². The number of sulfonamides is 1. The zero-order chi connectivity index (χ0) is 22.1. The molecule has 0 aliphatic rings. The summed E-state index contributed by atoms with van der Waals surface area (Å²) in [5.74, 6) is 0.199. The fourth-order valence-electron chi connectivity index (χ4n) is 3.08. The third kappa shape index (κ3) is 6.67. The fourth-order valence-corrected chi connectivity index (χ4v) is 4.28. The molecule has 6 nitrogen and oxygen atoms in total. The summed E-state index contributed by atoms with van der Waals surface area (Å²) in [6, 6.07) is 24.0. The van der Waals surface area contributed by atoms with Crippen LogP contribution in [0.2, 0.25) is 0 Å². The molecule has 3 rings (SSSR count). The maximum absolute atomic E-state index is 12.9. The van der Waals surface area contributed by atoms with Crippen LogP contribution in [0.3, 0.4) is 0 Å². The van der Waals surface area contributed by atoms with E-state index in [1.165, 1.54) is 12.1 Å². The minimum Gasteiger partial charge on any atom is -0.494 e. The maximum atomic E-state index is 12.9. The minimum atomic E-state index is -3.91. The van der Waals surface area contributed by atoms with Crippen molar-refractivity contribution < 1.29 is 17.9 Å². The number of carbonyl (C=O) groups excluding carboxylic acids is 1. The topological polar surface area (TPSA) is 84.5 Å². The second-order valence-electron chi connectivity index (χ2n) is 6.97. The number of nitrogens with one attached hydrogen (secondary N) is 2. The molecule has 0 saturated carbocycles. The van der Waals surface area contributed by atoms with Crippen LogP contribution in [0.5, 0.6) is 5.75 Å². The van der Waals surface area contributed by atoms with Crippen LogP contribution in [0.15, 0.2) is 89.8 Å². The van der Waals surface area contributed by atoms with E-state index in [9.17, 15) is 13.2 Å². The average molecular weight is 439 g/mol. The van der Waals surface area contributed by atoms with Gasteiger partial charge in [0, 0.05) is 6.54 Å². The second-order valence-corrected chi connectivity index (χ2v) is 8.69. The first-order valence-corrected chi connectivity index (χ1v) is 11.6. The number of amides is 1. The lowest BCUT2D eigenvalue weighted by Gasteiger charge is -2.19. The zero-order valence-corrected chi connectivity index (χ0v) is 18.1. The van der Waals surface area contributed by atoms with Crippen molar-refractivity contribution in [2.24, 2.45) is 0 Å². The van der Waals surface area contributed by atoms with Gasteiger partial charge in [0.25, 0.3) is 0 Å². The van der Waals surface area contributed by atoms with Gasteiger partial charge in [-0.3, -0.25) is 4.79 Å². The van der Waals surface area contributed by atoms with Gasteiger partial charge in [0.1, 0.15) is 11.8 Å². The summed E-state index contributed by atoms with van der Waals surface area (Å²) in [5.41, 5.74) is 1.79. The Morgan fingerprint density at radius 2 is 1.45 bits per heavy atom. The molecule has 162 valence electrons. The van der Waals surface area contributed by atoms with Gasteiger partial charge in [0.05, 0.1) is 11.5 Å². The average Bonchev–Trinajstić information content (AvgIpc) is 2.79. The van der Waals surface area contributed by atoms with Crippen molar-refractivity contribution in [2.45, 2.75) is 30.8 Å². The van der Waals surface area contributed by atoms with Gasteiger partial charge >= 0.3 is 0 Å². The maximum Gasteiger partial charge on any atom is 0.241 e. The Morgan fingerprint density at radius 3 is 2.03 bits per heavy atom. The van der Waals surface area contributed by atoms with Gasteiger partial charge < -0.3 is 10.1 Å². The number of rotatable bonds is 10. The Labute approximate surface area is 183 Å². The number of hydrogen-bond acceptors (Lipinski definition) is 4. The van der Waals surface area contributed by atoms with E-state index in [1.807, 2.05) is 67.6 Å². The molecule has 0 spiro atoms. The molecule has 3 aromatic carbocycles. The van der Waals surface area contributed by atoms with Crippen LogP contribution in [0.25, 0.3) is 0 Å². The summed E-state index contributed by atoms with van der Waals surface area (Å²) < 4.78 is 33.8. The highest BCUT2D eigenvalue weighted by Crippen LogP contribution is 2.17. The molecule has 0 aliphatic carbocycles. The van der Waals surface area contributed by atoms with E-state index in [-0.39, 0.29) is 17.2 Å². The number of hydrogen-bond donors (Lipinski definition) is 2. The highest BCUT2D eigenvalue weighted by atomic mass is 32.2. The van der Waals surface area contributed by atoms with Crippen LogP contribution in [0.1, 0.15) is 18.1 Å². The smallest absolute Gasteiger partial charge is 0.241 e. The largest absolute Gasteiger partial charge is 0.494 e. The van der Waals surface area contributed by atoms with Crippen molar-refractivity contribution in [3.05, 3.63) is 96.1 Å². The molecule has 1 amide bonds. The number of benzene rings is 3. The van der Waals surface area contributed by atoms with Crippen LogP contribution in [-0.4, -0.2) is 27.0 Å². The van der Waals surface area contributed by atoms with Crippen LogP contribution < -0.4 is 14.8 Å². The molecule has 3 aromatic rings. The SMILES string of the molecule is CCOc1ccc(S(=O)(=O)N[C@H](Cc2ccccc2)C(=O)NCc2ccccc2)cc1. The first kappa shape index (κ1) is 22.5. The molecule has 0 bridgehead atoms. The highest BCUT2D eigenvalue weighted by molar-refractivity contribution is 7.89. The van der Waals surface area contributed by atoms with Crippen molar-refractivity contribution >= 4 is 15.9 Å². The molecule has 0 unspecified atom stereocenters. The summed E-state index contributed by atoms with van der Waals surface area (Å²) >= 11 is 0. The van der Waals surface area contributed by atoms with E-state index in [0.29, 0.717) is 18.9 Å². The molecule has 31 heavy (non-hydrogen) atoms. The Morgan fingerprint density at radius 1 is 0.871 bits per heavy atom. The number of carbonyl (C=O) groups is 1. The van der Waals surface area contributed by atoms with Gasteiger partial charge in [0.15, 0.2) is 0 Å². The molecule has 0 fully saturated rings. The summed E-state index contributed by atoms with van der Waals surface area (Å²) in [7, 11) is -3.91. The molecule has 0 radical (unpaired) electrons. The van der Waals surface area contributed by atoms with Crippen LogP contribution in [0, 0.1) is 0 Å². The second kappa shape index (κ2) is 10.7. The fraction of sp³-hybridized carbons (Fsp3) is 0.208. The van der Waals surface area contributed by atoms with Crippen LogP contribution >= 0.6 is 0 Å². The van der Waals surface area contributed by atoms with Crippen molar-refractivity contribution in [3.63, 3.8) is 0 Å². The Hall–Kier alpha value is -3.16. The lowest BCUT2D eigenvalue weighted by Crippen LogP contribution is -2.47. The summed E-state index contributed by atoms with van der Waals surface area (Å²) in [4.78, 5) is 13.0. The predicted molar refractivity (Wildman–Crippen MR) is 120 cm³/mol. The van der Waals surface area contributed by atoms with Crippen molar-refractivity contribution in [1.82, 2.24) is 10.0 Å². The van der Waals surface area contributed by atoms with E-state index in [0.717, 1.165) is 11.1 Å². The van der Waals surface area contributed by atoms with Crippen molar-refractivity contribution in [1.29, 1.82) is 0 Å². The van der Waals surface area contributed by atoms with Gasteiger partial charge in [-0.25, -0.2) is 8.42 Å². The molecule has 7 heteroatoms. The first-order valence-electron chi connectivity index (χ1n) is 10.1. The summed E-state index contributed by atoms with van der Waals surface area (Å²) in [6.45, 7) is 2.66. The summed E-state index contributed by atoms with van der Waals surface area (Å²) in [6.07, 6.45) is 0.234. The van der Waals surface area contributed by atoms with Crippen molar-refractivity contribution in [3.8, 4) is 5.75 Å². The van der Waals surface area contributed by atoms with Gasteiger partial charge in [0.2, 0.25) is 15.9 Å². The van der Waals surface area contributed by atoms with E-state index < -0.39 is 16.1 Å². The predicted octanol–water partition coefficient (Wildman–Crippen LogP) is 3.29. The van der Waals surface area contributed by atoms with Gasteiger partial charge in [-0.15, -0.1) is 0 Å². The molecular weight excluding hydrogens is 412 g/mol. The molecule has 1 atom stereocenters. The minimum absolute atomic E-state index is 0.0740. The molecule has 0 heterocycles. The molecular formula is C24H26N2O4S. The Kier molecular flexibility index (Phi) is 7.81. The normalized spacial score (nSPS) is 12.2. The van der Waals surface area contributed by atoms with Crippen LogP contribution in [0.4, 0.5) is 0 Å². The lowest BCUT2D eigenvalue weighted by molar-refractivity contribution is -0.122. The Balaban J connectivity index is 1.77. The zero-order valence-electron chi connectivity index (χ0n) is 17.3. The third-order valence-electron chi connectivity index (χ3n) is 4.65. The van der Waals surface area contributed by atoms with E-state index in [1.54, 1.807) is 12.1 Å². The molecule has 2 N–H and O–H groups in total. The van der Waals surface area contributed by atoms with E-state index >= 15 is 0 Å². The van der Waals surface area contributed by atoms with Gasteiger partial charge in [-0.1, -0.05) is 60.7 Å². The van der Waals surface area contributed by atoms with E-state index in [4.69, 9.17) is 4.74 Å². The van der Waals surface area contributed by atoms with Crippen molar-refractivity contribution in [2.75, 3.05) is 6.61 Å². The monoisotopic (exact) mass is 438 g/mol. The van der Waals surface area contributed by atoms with Gasteiger partial charge in [-0.05, 0) is 48.7 Å². The number of ether oxygens (including phenoxy) is 1. The van der Waals surface area contributed by atoms with Gasteiger partial charge in [-0.2, -0.15) is 4.72 Å². The highest BCUT2D eigenvalue weighted by Gasteiger charge is 2.26.